The van der Waals surface area contributed by atoms with Crippen LogP contribution in [0.5, 0.6) is 0 Å². The fourth-order valence-electron chi connectivity index (χ4n) is 5.47. The van der Waals surface area contributed by atoms with Crippen molar-refractivity contribution >= 4 is 27.8 Å². The second kappa shape index (κ2) is 8.83. The number of hydrogen-bond donors (Lipinski definition) is 1. The van der Waals surface area contributed by atoms with E-state index in [0.29, 0.717) is 16.7 Å². The molecule has 0 fully saturated rings. The Balaban J connectivity index is 1.74. The molecule has 0 saturated carbocycles. The highest BCUT2D eigenvalue weighted by Gasteiger charge is 2.40. The minimum atomic E-state index is -0.130. The second-order valence-electron chi connectivity index (χ2n) is 9.70. The number of rotatable bonds is 5. The number of carbonyl (C=O) groups excluding carboxylic acids is 1. The summed E-state index contributed by atoms with van der Waals surface area (Å²) in [5.41, 5.74) is 10.4. The van der Waals surface area contributed by atoms with E-state index in [1.807, 2.05) is 45.9 Å². The summed E-state index contributed by atoms with van der Waals surface area (Å²) in [5, 5.41) is 12.4. The monoisotopic (exact) mass is 473 g/mol. The fourth-order valence-corrected chi connectivity index (χ4v) is 5.47. The standard InChI is InChI=1S/C33H31NO2/c1-7-34-22(6)29(26-17-20(4)13-16-27(26)34)31-32(35)30(33(31)36)28(19(2)3)25-18-24(15-14-21(25)5)23-11-9-8-10-12-23/h8-18,35H,2,7H2,1,3-6H3/b30-28-. The van der Waals surface area contributed by atoms with Crippen LogP contribution < -0.4 is 0 Å². The van der Waals surface area contributed by atoms with Gasteiger partial charge in [-0.15, -0.1) is 0 Å². The van der Waals surface area contributed by atoms with Crippen molar-refractivity contribution in [3.63, 3.8) is 0 Å². The van der Waals surface area contributed by atoms with E-state index in [4.69, 9.17) is 0 Å². The number of hydrogen-bond acceptors (Lipinski definition) is 2. The zero-order valence-electron chi connectivity index (χ0n) is 21.6. The third-order valence-corrected chi connectivity index (χ3v) is 7.26. The summed E-state index contributed by atoms with van der Waals surface area (Å²) in [7, 11) is 0. The first-order valence-corrected chi connectivity index (χ1v) is 12.4. The number of aromatic nitrogens is 1. The summed E-state index contributed by atoms with van der Waals surface area (Å²) >= 11 is 0. The normalized spacial score (nSPS) is 14.9. The van der Waals surface area contributed by atoms with Gasteiger partial charge in [0.05, 0.1) is 11.1 Å². The van der Waals surface area contributed by atoms with Crippen LogP contribution in [0.3, 0.4) is 0 Å². The number of allylic oxidation sites excluding steroid dienone is 4. The van der Waals surface area contributed by atoms with Crippen LogP contribution in [0, 0.1) is 20.8 Å². The molecule has 180 valence electrons. The number of carbonyl (C=O) groups is 1. The molecule has 1 aromatic heterocycles. The number of ketones is 1. The molecule has 5 rings (SSSR count). The molecule has 3 aromatic carbocycles. The molecule has 36 heavy (non-hydrogen) atoms. The lowest BCUT2D eigenvalue weighted by molar-refractivity contribution is -0.111. The van der Waals surface area contributed by atoms with E-state index in [2.05, 4.69) is 66.6 Å². The highest BCUT2D eigenvalue weighted by molar-refractivity contribution is 6.43. The molecule has 0 saturated heterocycles. The van der Waals surface area contributed by atoms with E-state index in [0.717, 1.165) is 62.1 Å². The molecule has 3 heteroatoms. The molecule has 0 bridgehead atoms. The van der Waals surface area contributed by atoms with Crippen molar-refractivity contribution in [2.75, 3.05) is 0 Å². The summed E-state index contributed by atoms with van der Waals surface area (Å²) in [6, 6.07) is 22.7. The van der Waals surface area contributed by atoms with Gasteiger partial charge < -0.3 is 9.67 Å². The molecule has 0 unspecified atom stereocenters. The van der Waals surface area contributed by atoms with Gasteiger partial charge in [0.2, 0.25) is 5.78 Å². The molecule has 0 atom stereocenters. The Labute approximate surface area is 212 Å². The molecular formula is C33H31NO2. The third kappa shape index (κ3) is 3.54. The lowest BCUT2D eigenvalue weighted by Gasteiger charge is -2.26. The molecule has 1 aliphatic rings. The second-order valence-corrected chi connectivity index (χ2v) is 9.70. The van der Waals surface area contributed by atoms with Crippen molar-refractivity contribution in [2.24, 2.45) is 0 Å². The van der Waals surface area contributed by atoms with E-state index in [1.165, 1.54) is 0 Å². The lowest BCUT2D eigenvalue weighted by atomic mass is 9.76. The molecular weight excluding hydrogens is 442 g/mol. The first-order valence-electron chi connectivity index (χ1n) is 12.4. The summed E-state index contributed by atoms with van der Waals surface area (Å²) in [6.45, 7) is 15.1. The van der Waals surface area contributed by atoms with Gasteiger partial charge in [-0.25, -0.2) is 0 Å². The number of Topliss-reactive ketones (excluding diaryl/α,β-unsaturated/α-hetero) is 1. The molecule has 0 radical (unpaired) electrons. The Kier molecular flexibility index (Phi) is 5.80. The lowest BCUT2D eigenvalue weighted by Crippen LogP contribution is -2.23. The molecule has 0 spiro atoms. The van der Waals surface area contributed by atoms with E-state index >= 15 is 0 Å². The minimum Gasteiger partial charge on any atom is -0.506 e. The Bertz CT molecular complexity index is 1630. The van der Waals surface area contributed by atoms with E-state index in [9.17, 15) is 9.90 Å². The number of aryl methyl sites for hydroxylation is 3. The Morgan fingerprint density at radius 3 is 2.31 bits per heavy atom. The maximum Gasteiger partial charge on any atom is 0.201 e. The predicted octanol–water partition coefficient (Wildman–Crippen LogP) is 8.14. The maximum absolute atomic E-state index is 13.8. The van der Waals surface area contributed by atoms with E-state index in [1.54, 1.807) is 0 Å². The quantitative estimate of drug-likeness (QED) is 0.297. The van der Waals surface area contributed by atoms with Crippen LogP contribution in [-0.2, 0) is 11.3 Å². The number of fused-ring (bicyclic) bond motifs is 1. The molecule has 1 N–H and O–H groups in total. The molecule has 0 aliphatic heterocycles. The molecule has 0 amide bonds. The average Bonchev–Trinajstić information content (AvgIpc) is 3.13. The van der Waals surface area contributed by atoms with Crippen molar-refractivity contribution in [3.05, 3.63) is 118 Å². The summed E-state index contributed by atoms with van der Waals surface area (Å²) in [6.07, 6.45) is 0. The SMILES string of the molecule is C=C(C)/C(=C1/C(=O)C(c2c(C)n(CC)c3ccc(C)cc23)=C1O)c1cc(-c2ccccc2)ccc1C. The van der Waals surface area contributed by atoms with Crippen molar-refractivity contribution < 1.29 is 9.90 Å². The maximum atomic E-state index is 13.8. The van der Waals surface area contributed by atoms with E-state index in [-0.39, 0.29) is 11.5 Å². The van der Waals surface area contributed by atoms with Gasteiger partial charge in [-0.3, -0.25) is 4.79 Å². The van der Waals surface area contributed by atoms with Crippen LogP contribution >= 0.6 is 0 Å². The Morgan fingerprint density at radius 1 is 0.944 bits per heavy atom. The Hall–Kier alpha value is -4.11. The fraction of sp³-hybridized carbons (Fsp3) is 0.182. The van der Waals surface area contributed by atoms with Crippen LogP contribution in [0.2, 0.25) is 0 Å². The first kappa shape index (κ1) is 23.6. The van der Waals surface area contributed by atoms with Gasteiger partial charge in [0, 0.05) is 28.7 Å². The van der Waals surface area contributed by atoms with Gasteiger partial charge in [0.1, 0.15) is 5.76 Å². The summed E-state index contributed by atoms with van der Waals surface area (Å²) in [5.74, 6) is -0.0722. The van der Waals surface area contributed by atoms with Crippen LogP contribution in [0.1, 0.15) is 41.8 Å². The van der Waals surface area contributed by atoms with Crippen molar-refractivity contribution in [3.8, 4) is 11.1 Å². The van der Waals surface area contributed by atoms with Gasteiger partial charge in [-0.1, -0.05) is 60.7 Å². The minimum absolute atomic E-state index is 0.0577. The highest BCUT2D eigenvalue weighted by Crippen LogP contribution is 2.46. The van der Waals surface area contributed by atoms with Crippen LogP contribution in [-0.4, -0.2) is 15.5 Å². The zero-order chi connectivity index (χ0) is 25.7. The van der Waals surface area contributed by atoms with Gasteiger partial charge >= 0.3 is 0 Å². The predicted molar refractivity (Wildman–Crippen MR) is 150 cm³/mol. The molecule has 1 heterocycles. The Morgan fingerprint density at radius 2 is 1.67 bits per heavy atom. The average molecular weight is 474 g/mol. The van der Waals surface area contributed by atoms with E-state index < -0.39 is 0 Å². The first-order chi connectivity index (χ1) is 17.2. The largest absolute Gasteiger partial charge is 0.506 e. The van der Waals surface area contributed by atoms with Crippen LogP contribution in [0.4, 0.5) is 0 Å². The zero-order valence-corrected chi connectivity index (χ0v) is 21.6. The van der Waals surface area contributed by atoms with Crippen molar-refractivity contribution in [1.82, 2.24) is 4.57 Å². The third-order valence-electron chi connectivity index (χ3n) is 7.26. The number of nitrogens with zero attached hydrogens (tertiary/aromatic N) is 1. The molecule has 4 aromatic rings. The van der Waals surface area contributed by atoms with Gasteiger partial charge in [-0.05, 0) is 86.2 Å². The van der Waals surface area contributed by atoms with Crippen molar-refractivity contribution in [1.29, 1.82) is 0 Å². The van der Waals surface area contributed by atoms with Gasteiger partial charge in [0.15, 0.2) is 0 Å². The number of benzene rings is 3. The summed E-state index contributed by atoms with van der Waals surface area (Å²) in [4.78, 5) is 13.8. The number of aliphatic hydroxyl groups excluding tert-OH is 1. The molecule has 3 nitrogen and oxygen atoms in total. The van der Waals surface area contributed by atoms with Crippen LogP contribution in [0.15, 0.2) is 90.2 Å². The topological polar surface area (TPSA) is 42.2 Å². The summed E-state index contributed by atoms with van der Waals surface area (Å²) < 4.78 is 2.20. The van der Waals surface area contributed by atoms with Gasteiger partial charge in [-0.2, -0.15) is 0 Å². The van der Waals surface area contributed by atoms with Crippen molar-refractivity contribution in [2.45, 2.75) is 41.2 Å². The molecule has 1 aliphatic carbocycles. The van der Waals surface area contributed by atoms with Crippen LogP contribution in [0.25, 0.3) is 33.2 Å². The highest BCUT2D eigenvalue weighted by atomic mass is 16.3. The van der Waals surface area contributed by atoms with Gasteiger partial charge in [0.25, 0.3) is 0 Å². The number of aliphatic hydroxyl groups is 1. The smallest absolute Gasteiger partial charge is 0.201 e.